The van der Waals surface area contributed by atoms with E-state index in [2.05, 4.69) is 4.74 Å². The van der Waals surface area contributed by atoms with Crippen LogP contribution < -0.4 is 5.73 Å². The molecule has 0 aliphatic heterocycles. The van der Waals surface area contributed by atoms with Crippen LogP contribution in [0.15, 0.2) is 18.2 Å². The molecule has 1 rings (SSSR count). The molecule has 14 heavy (non-hydrogen) atoms. The summed E-state index contributed by atoms with van der Waals surface area (Å²) in [5.74, 6) is -0.637. The van der Waals surface area contributed by atoms with Crippen LogP contribution in [-0.2, 0) is 4.74 Å². The summed E-state index contributed by atoms with van der Waals surface area (Å²) in [6, 6.07) is 4.46. The predicted octanol–water partition coefficient (Wildman–Crippen LogP) is 1.26. The zero-order chi connectivity index (χ0) is 10.7. The SMILES string of the molecule is COC(=O)c1cc(N)cc(C(C)=O)c1. The zero-order valence-corrected chi connectivity index (χ0v) is 8.03. The first-order valence-electron chi connectivity index (χ1n) is 4.04. The van der Waals surface area contributed by atoms with Crippen LogP contribution in [0.2, 0.25) is 0 Å². The maximum Gasteiger partial charge on any atom is 0.337 e. The third kappa shape index (κ3) is 2.10. The molecule has 0 radical (unpaired) electrons. The highest BCUT2D eigenvalue weighted by Gasteiger charge is 2.09. The second-order valence-electron chi connectivity index (χ2n) is 2.89. The number of rotatable bonds is 2. The molecule has 0 saturated carbocycles. The summed E-state index contributed by atoms with van der Waals surface area (Å²) in [6.07, 6.45) is 0. The Morgan fingerprint density at radius 2 is 1.79 bits per heavy atom. The van der Waals surface area contributed by atoms with Gasteiger partial charge in [0.05, 0.1) is 12.7 Å². The van der Waals surface area contributed by atoms with Crippen LogP contribution in [0.3, 0.4) is 0 Å². The van der Waals surface area contributed by atoms with Crippen LogP contribution in [0.1, 0.15) is 27.6 Å². The van der Waals surface area contributed by atoms with Crippen molar-refractivity contribution in [2.24, 2.45) is 0 Å². The first-order valence-corrected chi connectivity index (χ1v) is 4.04. The molecule has 0 fully saturated rings. The summed E-state index contributed by atoms with van der Waals surface area (Å²) < 4.78 is 4.52. The smallest absolute Gasteiger partial charge is 0.337 e. The number of ether oxygens (including phenoxy) is 1. The van der Waals surface area contributed by atoms with E-state index in [1.807, 2.05) is 0 Å². The Balaban J connectivity index is 3.20. The number of methoxy groups -OCH3 is 1. The summed E-state index contributed by atoms with van der Waals surface area (Å²) in [4.78, 5) is 22.2. The maximum atomic E-state index is 11.2. The van der Waals surface area contributed by atoms with Crippen molar-refractivity contribution in [3.8, 4) is 0 Å². The lowest BCUT2D eigenvalue weighted by molar-refractivity contribution is 0.0601. The Kier molecular flexibility index (Phi) is 2.86. The van der Waals surface area contributed by atoms with Crippen molar-refractivity contribution in [3.63, 3.8) is 0 Å². The molecule has 0 spiro atoms. The number of nitrogens with two attached hydrogens (primary N) is 1. The quantitative estimate of drug-likeness (QED) is 0.436. The van der Waals surface area contributed by atoms with Gasteiger partial charge in [0.25, 0.3) is 0 Å². The molecule has 0 heterocycles. The fraction of sp³-hybridized carbons (Fsp3) is 0.200. The summed E-state index contributed by atoms with van der Waals surface area (Å²) >= 11 is 0. The van der Waals surface area contributed by atoms with Crippen molar-refractivity contribution in [1.82, 2.24) is 0 Å². The summed E-state index contributed by atoms with van der Waals surface area (Å²) in [5, 5.41) is 0. The summed E-state index contributed by atoms with van der Waals surface area (Å²) in [6.45, 7) is 1.41. The summed E-state index contributed by atoms with van der Waals surface area (Å²) in [5.41, 5.74) is 6.60. The van der Waals surface area contributed by atoms with Crippen LogP contribution >= 0.6 is 0 Å². The van der Waals surface area contributed by atoms with E-state index in [-0.39, 0.29) is 11.3 Å². The Bertz CT molecular complexity index is 385. The molecule has 74 valence electrons. The predicted molar refractivity (Wildman–Crippen MR) is 52.2 cm³/mol. The second-order valence-corrected chi connectivity index (χ2v) is 2.89. The van der Waals surface area contributed by atoms with Crippen LogP contribution in [0.25, 0.3) is 0 Å². The average molecular weight is 193 g/mol. The number of anilines is 1. The number of esters is 1. The molecule has 2 N–H and O–H groups in total. The monoisotopic (exact) mass is 193 g/mol. The van der Waals surface area contributed by atoms with Gasteiger partial charge in [0, 0.05) is 11.3 Å². The number of carbonyl (C=O) groups excluding carboxylic acids is 2. The minimum absolute atomic E-state index is 0.137. The molecule has 1 aromatic carbocycles. The van der Waals surface area contributed by atoms with Gasteiger partial charge < -0.3 is 10.5 Å². The molecule has 1 aromatic rings. The Morgan fingerprint density at radius 1 is 1.21 bits per heavy atom. The van der Waals surface area contributed by atoms with Crippen molar-refractivity contribution in [2.45, 2.75) is 6.92 Å². The molecular formula is C10H11NO3. The van der Waals surface area contributed by atoms with Gasteiger partial charge in [0.15, 0.2) is 5.78 Å². The fourth-order valence-corrected chi connectivity index (χ4v) is 1.09. The molecule has 0 aliphatic rings. The van der Waals surface area contributed by atoms with Crippen molar-refractivity contribution in [2.75, 3.05) is 12.8 Å². The van der Waals surface area contributed by atoms with Crippen molar-refractivity contribution in [3.05, 3.63) is 29.3 Å². The third-order valence-corrected chi connectivity index (χ3v) is 1.78. The van der Waals surface area contributed by atoms with Crippen LogP contribution in [0.5, 0.6) is 0 Å². The first kappa shape index (κ1) is 10.2. The lowest BCUT2D eigenvalue weighted by atomic mass is 10.1. The third-order valence-electron chi connectivity index (χ3n) is 1.78. The number of hydrogen-bond donors (Lipinski definition) is 1. The number of benzene rings is 1. The van der Waals surface area contributed by atoms with E-state index in [1.165, 1.54) is 32.2 Å². The summed E-state index contributed by atoms with van der Waals surface area (Å²) in [7, 11) is 1.28. The van der Waals surface area contributed by atoms with E-state index in [4.69, 9.17) is 5.73 Å². The average Bonchev–Trinajstić information content (AvgIpc) is 2.15. The Labute approximate surface area is 81.7 Å². The first-order chi connectivity index (χ1) is 6.54. The lowest BCUT2D eigenvalue weighted by Gasteiger charge is -2.03. The number of nitrogen functional groups attached to an aromatic ring is 1. The van der Waals surface area contributed by atoms with E-state index in [1.54, 1.807) is 0 Å². The molecule has 0 unspecified atom stereocenters. The van der Waals surface area contributed by atoms with Gasteiger partial charge in [0.2, 0.25) is 0 Å². The number of hydrogen-bond acceptors (Lipinski definition) is 4. The fourth-order valence-electron chi connectivity index (χ4n) is 1.09. The van der Waals surface area contributed by atoms with E-state index in [0.717, 1.165) is 0 Å². The number of ketones is 1. The van der Waals surface area contributed by atoms with Gasteiger partial charge in [0.1, 0.15) is 0 Å². The maximum absolute atomic E-state index is 11.2. The second kappa shape index (κ2) is 3.91. The van der Waals surface area contributed by atoms with E-state index in [9.17, 15) is 9.59 Å². The van der Waals surface area contributed by atoms with Crippen molar-refractivity contribution < 1.29 is 14.3 Å². The van der Waals surface area contributed by atoms with Gasteiger partial charge in [-0.05, 0) is 25.1 Å². The zero-order valence-electron chi connectivity index (χ0n) is 8.03. The largest absolute Gasteiger partial charge is 0.465 e. The Morgan fingerprint density at radius 3 is 2.29 bits per heavy atom. The molecule has 0 atom stereocenters. The van der Waals surface area contributed by atoms with Gasteiger partial charge >= 0.3 is 5.97 Å². The van der Waals surface area contributed by atoms with Crippen LogP contribution in [0.4, 0.5) is 5.69 Å². The van der Waals surface area contributed by atoms with Crippen molar-refractivity contribution in [1.29, 1.82) is 0 Å². The lowest BCUT2D eigenvalue weighted by Crippen LogP contribution is -2.05. The minimum atomic E-state index is -0.500. The molecule has 4 heteroatoms. The molecule has 0 saturated heterocycles. The topological polar surface area (TPSA) is 69.4 Å². The highest BCUT2D eigenvalue weighted by molar-refractivity contribution is 5.99. The minimum Gasteiger partial charge on any atom is -0.465 e. The van der Waals surface area contributed by atoms with E-state index >= 15 is 0 Å². The van der Waals surface area contributed by atoms with Crippen LogP contribution in [-0.4, -0.2) is 18.9 Å². The van der Waals surface area contributed by atoms with Gasteiger partial charge in [-0.3, -0.25) is 4.79 Å². The molecule has 4 nitrogen and oxygen atoms in total. The molecular weight excluding hydrogens is 182 g/mol. The molecule has 0 aliphatic carbocycles. The van der Waals surface area contributed by atoms with Crippen LogP contribution in [0, 0.1) is 0 Å². The van der Waals surface area contributed by atoms with Gasteiger partial charge in [-0.15, -0.1) is 0 Å². The highest BCUT2D eigenvalue weighted by atomic mass is 16.5. The standard InChI is InChI=1S/C10H11NO3/c1-6(12)7-3-8(10(13)14-2)5-9(11)4-7/h3-5H,11H2,1-2H3. The van der Waals surface area contributed by atoms with E-state index < -0.39 is 5.97 Å². The molecule has 0 bridgehead atoms. The number of Topliss-reactive ketones (excluding diaryl/α,β-unsaturated/α-hetero) is 1. The van der Waals surface area contributed by atoms with E-state index in [0.29, 0.717) is 11.3 Å². The molecule has 0 aromatic heterocycles. The van der Waals surface area contributed by atoms with Gasteiger partial charge in [-0.25, -0.2) is 4.79 Å². The Hall–Kier alpha value is -1.84. The molecule has 0 amide bonds. The number of carbonyl (C=O) groups is 2. The van der Waals surface area contributed by atoms with Gasteiger partial charge in [-0.2, -0.15) is 0 Å². The highest BCUT2D eigenvalue weighted by Crippen LogP contribution is 2.13. The normalized spacial score (nSPS) is 9.57. The van der Waals surface area contributed by atoms with Gasteiger partial charge in [-0.1, -0.05) is 0 Å². The van der Waals surface area contributed by atoms with Crippen molar-refractivity contribution >= 4 is 17.4 Å².